The van der Waals surface area contributed by atoms with Crippen molar-refractivity contribution in [3.8, 4) is 0 Å². The zero-order valence-corrected chi connectivity index (χ0v) is 11.3. The Labute approximate surface area is 115 Å². The monoisotopic (exact) mass is 329 g/mol. The smallest absolute Gasteiger partial charge is 0.310 e. The minimum Gasteiger partial charge on any atom is -0.322 e. The maximum Gasteiger partial charge on any atom is 0.310 e. The van der Waals surface area contributed by atoms with Crippen molar-refractivity contribution in [2.75, 3.05) is 5.32 Å². The largest absolute Gasteiger partial charge is 0.322 e. The first kappa shape index (κ1) is 14.8. The van der Waals surface area contributed by atoms with Crippen LogP contribution in [0.3, 0.4) is 0 Å². The van der Waals surface area contributed by atoms with Crippen molar-refractivity contribution in [1.82, 2.24) is 0 Å². The van der Waals surface area contributed by atoms with Crippen molar-refractivity contribution in [2.24, 2.45) is 0 Å². The molecule has 1 N–H and O–H groups in total. The Bertz CT molecular complexity index is 634. The molecule has 1 aromatic heterocycles. The first-order valence-corrected chi connectivity index (χ1v) is 8.03. The highest BCUT2D eigenvalue weighted by Gasteiger charge is 2.65. The van der Waals surface area contributed by atoms with Crippen LogP contribution in [0.1, 0.15) is 10.4 Å². The lowest BCUT2D eigenvalue weighted by Gasteiger charge is -2.40. The number of nitrogens with one attached hydrogen (secondary N) is 1. The maximum atomic E-state index is 12.5. The summed E-state index contributed by atoms with van der Waals surface area (Å²) in [5.74, 6) is -0.522. The van der Waals surface area contributed by atoms with E-state index < -0.39 is 21.0 Å². The Morgan fingerprint density at radius 3 is 2.05 bits per heavy atom. The minimum absolute atomic E-state index is 0.00630. The fraction of sp³-hybridized carbons (Fsp3) is 0. The van der Waals surface area contributed by atoms with E-state index in [1.165, 1.54) is 17.4 Å². The molecule has 20 heavy (non-hydrogen) atoms. The van der Waals surface area contributed by atoms with Crippen LogP contribution in [0, 0.1) is 0 Å². The van der Waals surface area contributed by atoms with Gasteiger partial charge in [0.05, 0.1) is 5.56 Å². The van der Waals surface area contributed by atoms with Crippen LogP contribution in [0.5, 0.6) is 0 Å². The van der Waals surface area contributed by atoms with Crippen LogP contribution in [0.4, 0.5) is 25.1 Å². The molecular weight excluding hydrogens is 321 g/mol. The van der Waals surface area contributed by atoms with E-state index >= 15 is 0 Å². The number of carbonyl (C=O) groups excluding carboxylic acids is 1. The summed E-state index contributed by atoms with van der Waals surface area (Å²) in [7, 11) is -9.66. The van der Waals surface area contributed by atoms with E-state index in [1.54, 1.807) is 10.8 Å². The number of hydrogen-bond donors (Lipinski definition) is 1. The van der Waals surface area contributed by atoms with Crippen LogP contribution in [0.2, 0.25) is 0 Å². The lowest BCUT2D eigenvalue weighted by atomic mass is 10.3. The third-order valence-electron chi connectivity index (χ3n) is 2.34. The first-order valence-electron chi connectivity index (χ1n) is 5.13. The molecule has 0 aliphatic heterocycles. The average Bonchev–Trinajstić information content (AvgIpc) is 2.79. The third-order valence-corrected chi connectivity index (χ3v) is 4.19. The molecule has 0 radical (unpaired) electrons. The Morgan fingerprint density at radius 1 is 1.00 bits per heavy atom. The van der Waals surface area contributed by atoms with Crippen molar-refractivity contribution < 1.29 is 24.2 Å². The normalized spacial score (nSPS) is 15.2. The molecule has 0 fully saturated rings. The fourth-order valence-electron chi connectivity index (χ4n) is 1.39. The van der Waals surface area contributed by atoms with Gasteiger partial charge in [-0.25, -0.2) is 0 Å². The number of benzene rings is 1. The number of amides is 1. The second-order valence-electron chi connectivity index (χ2n) is 3.96. The molecule has 0 bridgehead atoms. The van der Waals surface area contributed by atoms with E-state index in [-0.39, 0.29) is 17.8 Å². The summed E-state index contributed by atoms with van der Waals surface area (Å²) in [4.78, 5) is 9.63. The summed E-state index contributed by atoms with van der Waals surface area (Å²) < 4.78 is 62.4. The summed E-state index contributed by atoms with van der Waals surface area (Å²) >= 11 is 1.28. The van der Waals surface area contributed by atoms with Gasteiger partial charge in [-0.15, -0.1) is 0 Å². The molecule has 1 amide bonds. The molecule has 110 valence electrons. The van der Waals surface area contributed by atoms with Crippen molar-refractivity contribution in [1.29, 1.82) is 0 Å². The van der Waals surface area contributed by atoms with E-state index in [4.69, 9.17) is 0 Å². The molecule has 0 unspecified atom stereocenters. The van der Waals surface area contributed by atoms with Gasteiger partial charge in [0.1, 0.15) is 4.90 Å². The number of thiophene rings is 1. The van der Waals surface area contributed by atoms with Crippen LogP contribution in [0.15, 0.2) is 46.0 Å². The standard InChI is InChI=1S/C11H8F5NOS2/c12-20(13,14,15,16)10-3-1-9(2-4-10)17-11(18)8-5-6-19-7-8/h1-7H,(H,17,18). The van der Waals surface area contributed by atoms with Crippen LogP contribution < -0.4 is 5.32 Å². The molecule has 0 atom stereocenters. The predicted molar refractivity (Wildman–Crippen MR) is 70.1 cm³/mol. The van der Waals surface area contributed by atoms with Crippen LogP contribution in [0.25, 0.3) is 0 Å². The van der Waals surface area contributed by atoms with E-state index in [9.17, 15) is 24.2 Å². The highest BCUT2D eigenvalue weighted by atomic mass is 32.5. The highest BCUT2D eigenvalue weighted by molar-refractivity contribution is 8.45. The van der Waals surface area contributed by atoms with Gasteiger partial charge in [0.15, 0.2) is 0 Å². The number of halogens is 5. The van der Waals surface area contributed by atoms with Crippen molar-refractivity contribution in [2.45, 2.75) is 4.90 Å². The molecule has 0 aliphatic carbocycles. The molecule has 9 heteroatoms. The van der Waals surface area contributed by atoms with Gasteiger partial charge in [-0.3, -0.25) is 4.79 Å². The molecule has 0 spiro atoms. The molecule has 1 heterocycles. The Hall–Kier alpha value is -1.61. The average molecular weight is 329 g/mol. The molecule has 2 aromatic rings. The summed E-state index contributed by atoms with van der Waals surface area (Å²) in [6.45, 7) is 0. The van der Waals surface area contributed by atoms with Gasteiger partial charge in [-0.1, -0.05) is 19.4 Å². The van der Waals surface area contributed by atoms with Crippen LogP contribution in [-0.4, -0.2) is 5.91 Å². The number of rotatable bonds is 3. The number of carbonyl (C=O) groups is 1. The topological polar surface area (TPSA) is 29.1 Å². The van der Waals surface area contributed by atoms with Gasteiger partial charge < -0.3 is 5.32 Å². The van der Waals surface area contributed by atoms with E-state index in [2.05, 4.69) is 5.32 Å². The van der Waals surface area contributed by atoms with Gasteiger partial charge in [-0.05, 0) is 35.7 Å². The third kappa shape index (κ3) is 3.48. The van der Waals surface area contributed by atoms with Gasteiger partial charge >= 0.3 is 10.2 Å². The summed E-state index contributed by atoms with van der Waals surface area (Å²) in [5.41, 5.74) is 0.346. The summed E-state index contributed by atoms with van der Waals surface area (Å²) in [5, 5.41) is 5.53. The molecule has 2 rings (SSSR count). The quantitative estimate of drug-likeness (QED) is 0.724. The van der Waals surface area contributed by atoms with Gasteiger partial charge in [-0.2, -0.15) is 11.3 Å². The second kappa shape index (κ2) is 3.95. The minimum atomic E-state index is -9.66. The Kier molecular flexibility index (Phi) is 2.92. The molecular formula is C11H8F5NOS2. The first-order chi connectivity index (χ1) is 8.95. The highest BCUT2D eigenvalue weighted by Crippen LogP contribution is 3.02. The second-order valence-corrected chi connectivity index (χ2v) is 7.15. The van der Waals surface area contributed by atoms with E-state index in [1.807, 2.05) is 0 Å². The summed E-state index contributed by atoms with van der Waals surface area (Å²) in [6, 6.07) is 3.62. The molecule has 0 saturated carbocycles. The van der Waals surface area contributed by atoms with Crippen LogP contribution in [-0.2, 0) is 0 Å². The Morgan fingerprint density at radius 2 is 1.60 bits per heavy atom. The van der Waals surface area contributed by atoms with Crippen molar-refractivity contribution >= 4 is 33.2 Å². The molecule has 2 nitrogen and oxygen atoms in total. The molecule has 0 saturated heterocycles. The zero-order chi connectivity index (χ0) is 15.1. The van der Waals surface area contributed by atoms with Crippen molar-refractivity contribution in [3.05, 3.63) is 46.7 Å². The van der Waals surface area contributed by atoms with Gasteiger partial charge in [0.2, 0.25) is 0 Å². The maximum absolute atomic E-state index is 12.5. The number of anilines is 1. The molecule has 1 aromatic carbocycles. The zero-order valence-electron chi connectivity index (χ0n) is 9.66. The number of hydrogen-bond acceptors (Lipinski definition) is 2. The van der Waals surface area contributed by atoms with E-state index in [0.717, 1.165) is 12.1 Å². The lowest BCUT2D eigenvalue weighted by Crippen LogP contribution is -2.11. The van der Waals surface area contributed by atoms with E-state index in [0.29, 0.717) is 5.56 Å². The van der Waals surface area contributed by atoms with Crippen molar-refractivity contribution in [3.63, 3.8) is 0 Å². The lowest BCUT2D eigenvalue weighted by molar-refractivity contribution is 0.102. The van der Waals surface area contributed by atoms with Gasteiger partial charge in [0, 0.05) is 11.1 Å². The molecule has 0 aliphatic rings. The van der Waals surface area contributed by atoms with Gasteiger partial charge in [0.25, 0.3) is 5.91 Å². The Balaban J connectivity index is 2.20. The van der Waals surface area contributed by atoms with Crippen LogP contribution >= 0.6 is 21.6 Å². The SMILES string of the molecule is O=C(Nc1ccc(S(F)(F)(F)(F)F)cc1)c1ccsc1. The fourth-order valence-corrected chi connectivity index (χ4v) is 2.68. The summed E-state index contributed by atoms with van der Waals surface area (Å²) in [6.07, 6.45) is 0. The predicted octanol–water partition coefficient (Wildman–Crippen LogP) is 5.66.